The largest absolute Gasteiger partial charge is 0.507 e. The van der Waals surface area contributed by atoms with Gasteiger partial charge in [-0.05, 0) is 60.2 Å². The molecule has 1 saturated heterocycles. The number of halogens is 1. The Labute approximate surface area is 221 Å². The van der Waals surface area contributed by atoms with Crippen molar-refractivity contribution in [2.75, 3.05) is 26.2 Å². The van der Waals surface area contributed by atoms with E-state index in [9.17, 15) is 14.7 Å². The summed E-state index contributed by atoms with van der Waals surface area (Å²) in [6.45, 7) is 0. The van der Waals surface area contributed by atoms with Crippen molar-refractivity contribution in [3.05, 3.63) is 82.4 Å². The number of ketones is 1. The lowest BCUT2D eigenvalue weighted by Crippen LogP contribution is -2.29. The maximum Gasteiger partial charge on any atom is 0.301 e. The second-order valence-electron chi connectivity index (χ2n) is 8.12. The minimum absolute atomic E-state index is 0.0728. The van der Waals surface area contributed by atoms with E-state index in [1.165, 1.54) is 30.5 Å². The zero-order valence-electron chi connectivity index (χ0n) is 20.0. The van der Waals surface area contributed by atoms with E-state index in [0.717, 1.165) is 4.70 Å². The fraction of sp³-hybridized carbons (Fsp3) is 0.148. The molecule has 1 fully saturated rings. The average Bonchev–Trinajstić information content (AvgIpc) is 3.45. The highest BCUT2D eigenvalue weighted by molar-refractivity contribution is 7.22. The number of hydrogen-bond acceptors (Lipinski definition) is 8. The van der Waals surface area contributed by atoms with Crippen LogP contribution in [0.4, 0.5) is 5.13 Å². The Hall–Kier alpha value is -4.08. The summed E-state index contributed by atoms with van der Waals surface area (Å²) in [5, 5.41) is 12.1. The van der Waals surface area contributed by atoms with Gasteiger partial charge in [-0.1, -0.05) is 29.0 Å². The highest BCUT2D eigenvalue weighted by Crippen LogP contribution is 2.46. The molecule has 5 rings (SSSR count). The van der Waals surface area contributed by atoms with Crippen molar-refractivity contribution in [1.29, 1.82) is 0 Å². The van der Waals surface area contributed by atoms with Gasteiger partial charge in [0.25, 0.3) is 5.78 Å². The van der Waals surface area contributed by atoms with Crippen LogP contribution in [0.5, 0.6) is 17.2 Å². The second-order valence-corrected chi connectivity index (χ2v) is 9.57. The Morgan fingerprint density at radius 2 is 1.68 bits per heavy atom. The molecule has 4 aromatic rings. The van der Waals surface area contributed by atoms with Gasteiger partial charge in [0.15, 0.2) is 16.6 Å². The van der Waals surface area contributed by atoms with E-state index in [0.29, 0.717) is 44.0 Å². The third-order valence-electron chi connectivity index (χ3n) is 6.08. The molecular formula is C27H21ClN2O6S. The van der Waals surface area contributed by atoms with Gasteiger partial charge in [0.05, 0.1) is 43.2 Å². The number of Topliss-reactive ketones (excluding diaryl/α,β-unsaturated/α-hetero) is 1. The molecule has 1 aliphatic heterocycles. The van der Waals surface area contributed by atoms with E-state index in [2.05, 4.69) is 4.98 Å². The highest BCUT2D eigenvalue weighted by atomic mass is 35.5. The SMILES string of the molecule is COc1ccc2nc(N3C(=O)C(=O)/C(=C(/O)c4ccc(Cl)cc4)C3c3ccc(OC)c(OC)c3)sc2c1. The molecule has 0 spiro atoms. The minimum atomic E-state index is -0.974. The van der Waals surface area contributed by atoms with Gasteiger partial charge in [-0.2, -0.15) is 0 Å². The van der Waals surface area contributed by atoms with Crippen LogP contribution in [-0.4, -0.2) is 43.1 Å². The van der Waals surface area contributed by atoms with Gasteiger partial charge in [0.1, 0.15) is 11.5 Å². The fourth-order valence-electron chi connectivity index (χ4n) is 4.25. The van der Waals surface area contributed by atoms with E-state index >= 15 is 0 Å². The first-order valence-corrected chi connectivity index (χ1v) is 12.3. The predicted octanol–water partition coefficient (Wildman–Crippen LogP) is 5.60. The number of methoxy groups -OCH3 is 3. The summed E-state index contributed by atoms with van der Waals surface area (Å²) in [7, 11) is 4.57. The van der Waals surface area contributed by atoms with Gasteiger partial charge in [-0.15, -0.1) is 0 Å². The molecular weight excluding hydrogens is 516 g/mol. The van der Waals surface area contributed by atoms with Crippen molar-refractivity contribution in [1.82, 2.24) is 4.98 Å². The first-order valence-electron chi connectivity index (χ1n) is 11.1. The van der Waals surface area contributed by atoms with Crippen LogP contribution in [0.2, 0.25) is 5.02 Å². The Morgan fingerprint density at radius 3 is 2.35 bits per heavy atom. The first-order chi connectivity index (χ1) is 17.9. The van der Waals surface area contributed by atoms with Crippen LogP contribution in [0.3, 0.4) is 0 Å². The number of aliphatic hydroxyl groups excluding tert-OH is 1. The lowest BCUT2D eigenvalue weighted by Gasteiger charge is -2.23. The van der Waals surface area contributed by atoms with Crippen molar-refractivity contribution < 1.29 is 28.9 Å². The van der Waals surface area contributed by atoms with E-state index in [1.54, 1.807) is 61.7 Å². The molecule has 3 aromatic carbocycles. The Morgan fingerprint density at radius 1 is 0.946 bits per heavy atom. The number of benzene rings is 3. The average molecular weight is 537 g/mol. The van der Waals surface area contributed by atoms with Crippen molar-refractivity contribution in [2.45, 2.75) is 6.04 Å². The van der Waals surface area contributed by atoms with Gasteiger partial charge in [0, 0.05) is 10.6 Å². The predicted molar refractivity (Wildman–Crippen MR) is 142 cm³/mol. The number of carbonyl (C=O) groups excluding carboxylic acids is 2. The molecule has 188 valence electrons. The first kappa shape index (κ1) is 24.6. The fourth-order valence-corrected chi connectivity index (χ4v) is 5.40. The van der Waals surface area contributed by atoms with Crippen molar-refractivity contribution >= 4 is 55.7 Å². The van der Waals surface area contributed by atoms with Crippen molar-refractivity contribution in [3.8, 4) is 17.2 Å². The highest BCUT2D eigenvalue weighted by Gasteiger charge is 2.48. The molecule has 37 heavy (non-hydrogen) atoms. The molecule has 1 aliphatic rings. The van der Waals surface area contributed by atoms with Crippen LogP contribution in [0.15, 0.2) is 66.2 Å². The monoisotopic (exact) mass is 536 g/mol. The molecule has 8 nitrogen and oxygen atoms in total. The number of fused-ring (bicyclic) bond motifs is 1. The summed E-state index contributed by atoms with van der Waals surface area (Å²) in [6.07, 6.45) is 0. The number of aromatic nitrogens is 1. The molecule has 2 heterocycles. The molecule has 0 radical (unpaired) electrons. The Kier molecular flexibility index (Phi) is 6.49. The number of ether oxygens (including phenoxy) is 3. The molecule has 1 amide bonds. The third kappa shape index (κ3) is 4.26. The molecule has 0 bridgehead atoms. The van der Waals surface area contributed by atoms with Crippen molar-refractivity contribution in [2.24, 2.45) is 0 Å². The van der Waals surface area contributed by atoms with Gasteiger partial charge in [0.2, 0.25) is 0 Å². The summed E-state index contributed by atoms with van der Waals surface area (Å²) < 4.78 is 16.9. The van der Waals surface area contributed by atoms with Gasteiger partial charge < -0.3 is 19.3 Å². The third-order valence-corrected chi connectivity index (χ3v) is 7.35. The van der Waals surface area contributed by atoms with Crippen molar-refractivity contribution in [3.63, 3.8) is 0 Å². The molecule has 1 N–H and O–H groups in total. The van der Waals surface area contributed by atoms with Crippen LogP contribution in [0.25, 0.3) is 16.0 Å². The zero-order valence-corrected chi connectivity index (χ0v) is 21.6. The van der Waals surface area contributed by atoms with Gasteiger partial charge >= 0.3 is 5.91 Å². The summed E-state index contributed by atoms with van der Waals surface area (Å²) >= 11 is 7.25. The normalized spacial score (nSPS) is 16.9. The second kappa shape index (κ2) is 9.76. The molecule has 1 unspecified atom stereocenters. The number of carbonyl (C=O) groups is 2. The standard InChI is InChI=1S/C27H21ClN2O6S/c1-34-17-9-10-18-21(13-17)37-27(29-18)30-23(15-6-11-19(35-2)20(12-15)36-3)22(25(32)26(30)33)24(31)14-4-7-16(28)8-5-14/h4-13,23,31H,1-3H3/b24-22+. The molecule has 10 heteroatoms. The topological polar surface area (TPSA) is 98.2 Å². The number of hydrogen-bond donors (Lipinski definition) is 1. The number of anilines is 1. The molecule has 0 aliphatic carbocycles. The number of rotatable bonds is 6. The van der Waals surface area contributed by atoms with Crippen LogP contribution in [0, 0.1) is 0 Å². The number of aliphatic hydroxyl groups is 1. The number of nitrogens with zero attached hydrogens (tertiary/aromatic N) is 2. The number of thiazole rings is 1. The van der Waals surface area contributed by atoms with Crippen LogP contribution in [0.1, 0.15) is 17.2 Å². The summed E-state index contributed by atoms with van der Waals surface area (Å²) in [5.41, 5.74) is 1.45. The Bertz CT molecular complexity index is 1560. The summed E-state index contributed by atoms with van der Waals surface area (Å²) in [6, 6.07) is 15.8. The van der Waals surface area contributed by atoms with E-state index in [-0.39, 0.29) is 11.3 Å². The minimum Gasteiger partial charge on any atom is -0.507 e. The Balaban J connectivity index is 1.73. The van der Waals surface area contributed by atoms with E-state index in [4.69, 9.17) is 25.8 Å². The summed E-state index contributed by atoms with van der Waals surface area (Å²) in [5.74, 6) is -0.423. The van der Waals surface area contributed by atoms with E-state index < -0.39 is 17.7 Å². The number of amides is 1. The van der Waals surface area contributed by atoms with Crippen LogP contribution < -0.4 is 19.1 Å². The van der Waals surface area contributed by atoms with Crippen LogP contribution in [-0.2, 0) is 9.59 Å². The lowest BCUT2D eigenvalue weighted by molar-refractivity contribution is -0.132. The molecule has 1 atom stereocenters. The molecule has 0 saturated carbocycles. The van der Waals surface area contributed by atoms with Gasteiger partial charge in [-0.25, -0.2) is 4.98 Å². The smallest absolute Gasteiger partial charge is 0.301 e. The quantitative estimate of drug-likeness (QED) is 0.194. The van der Waals surface area contributed by atoms with Crippen LogP contribution >= 0.6 is 22.9 Å². The lowest BCUT2D eigenvalue weighted by atomic mass is 9.95. The zero-order chi connectivity index (χ0) is 26.3. The molecule has 1 aromatic heterocycles. The van der Waals surface area contributed by atoms with E-state index in [1.807, 2.05) is 6.07 Å². The summed E-state index contributed by atoms with van der Waals surface area (Å²) in [4.78, 5) is 32.8. The van der Waals surface area contributed by atoms with Gasteiger partial charge in [-0.3, -0.25) is 14.5 Å². The maximum absolute atomic E-state index is 13.5. The maximum atomic E-state index is 13.5.